The SMILES string of the molecule is CC(C)C[C@H]1NC(=O)c2cc(on2)CN(C(=O)CCc2nc3ccccc3s2)CCNC(=O)Cn2nc(-c3ccccc3)nc2[C@H](C)NC1=O. The quantitative estimate of drug-likeness (QED) is 0.239. The van der Waals surface area contributed by atoms with Crippen LogP contribution in [0.2, 0.25) is 0 Å². The summed E-state index contributed by atoms with van der Waals surface area (Å²) in [5, 5.41) is 18.0. The fourth-order valence-electron chi connectivity index (χ4n) is 5.71. The molecule has 260 valence electrons. The van der Waals surface area contributed by atoms with Crippen molar-refractivity contribution in [3.63, 3.8) is 0 Å². The van der Waals surface area contributed by atoms with E-state index in [1.165, 1.54) is 10.7 Å². The number of benzene rings is 2. The number of thiazole rings is 1. The van der Waals surface area contributed by atoms with Crippen LogP contribution in [0.5, 0.6) is 0 Å². The Morgan fingerprint density at radius 2 is 1.80 bits per heavy atom. The third kappa shape index (κ3) is 8.40. The predicted molar refractivity (Wildman–Crippen MR) is 186 cm³/mol. The first-order valence-corrected chi connectivity index (χ1v) is 17.4. The normalized spacial score (nSPS) is 17.8. The number of fused-ring (bicyclic) bond motifs is 4. The van der Waals surface area contributed by atoms with E-state index in [2.05, 4.69) is 31.2 Å². The molecule has 0 saturated carbocycles. The number of aryl methyl sites for hydroxylation is 1. The van der Waals surface area contributed by atoms with Gasteiger partial charge in [-0.05, 0) is 31.4 Å². The van der Waals surface area contributed by atoms with Gasteiger partial charge in [0.1, 0.15) is 18.4 Å². The molecular weight excluding hydrogens is 659 g/mol. The molecule has 50 heavy (non-hydrogen) atoms. The monoisotopic (exact) mass is 697 g/mol. The van der Waals surface area contributed by atoms with Crippen LogP contribution in [-0.4, -0.2) is 72.6 Å². The Labute approximate surface area is 292 Å². The second-order valence-corrected chi connectivity index (χ2v) is 13.7. The minimum atomic E-state index is -0.891. The summed E-state index contributed by atoms with van der Waals surface area (Å²) in [5.74, 6) is -0.385. The van der Waals surface area contributed by atoms with Crippen molar-refractivity contribution < 1.29 is 23.7 Å². The minimum absolute atomic E-state index is 0.0156. The molecular formula is C35H39N9O5S. The molecule has 2 aromatic carbocycles. The molecule has 2 atom stereocenters. The van der Waals surface area contributed by atoms with Crippen LogP contribution in [-0.2, 0) is 33.9 Å². The lowest BCUT2D eigenvalue weighted by molar-refractivity contribution is -0.132. The predicted octanol–water partition coefficient (Wildman–Crippen LogP) is 3.66. The highest BCUT2D eigenvalue weighted by molar-refractivity contribution is 7.18. The van der Waals surface area contributed by atoms with Crippen molar-refractivity contribution in [1.82, 2.24) is 45.8 Å². The van der Waals surface area contributed by atoms with Gasteiger partial charge in [0.25, 0.3) is 5.91 Å². The van der Waals surface area contributed by atoms with Crippen LogP contribution in [0, 0.1) is 5.92 Å². The standard InChI is InChI=1S/C35H39N9O5S/c1-21(2)17-26-34(47)37-22(3)33-40-32(23-9-5-4-6-10-23)41-44(33)20-29(45)36-15-16-43(19-24-18-27(42-49-24)35(48)39-26)31(46)14-13-30-38-25-11-7-8-12-28(25)50-30/h4-12,18,21-22,26H,13-17,19-20H2,1-3H3,(H,36,45)(H,37,47)(H,39,48)/t22-,26+/m0/s1. The van der Waals surface area contributed by atoms with E-state index in [1.807, 2.05) is 68.4 Å². The number of carbonyl (C=O) groups excluding carboxylic acids is 4. The van der Waals surface area contributed by atoms with Gasteiger partial charge < -0.3 is 25.4 Å². The largest absolute Gasteiger partial charge is 0.359 e. The molecule has 0 unspecified atom stereocenters. The smallest absolute Gasteiger partial charge is 0.274 e. The van der Waals surface area contributed by atoms with Crippen LogP contribution < -0.4 is 16.0 Å². The third-order valence-electron chi connectivity index (χ3n) is 8.19. The van der Waals surface area contributed by atoms with E-state index in [9.17, 15) is 19.2 Å². The molecule has 0 aliphatic carbocycles. The van der Waals surface area contributed by atoms with Gasteiger partial charge in [-0.2, -0.15) is 5.10 Å². The van der Waals surface area contributed by atoms with Gasteiger partial charge in [0.15, 0.2) is 17.3 Å². The van der Waals surface area contributed by atoms with Gasteiger partial charge in [-0.3, -0.25) is 19.2 Å². The molecule has 5 aromatic rings. The molecule has 14 nitrogen and oxygen atoms in total. The van der Waals surface area contributed by atoms with Crippen molar-refractivity contribution in [2.75, 3.05) is 13.1 Å². The maximum Gasteiger partial charge on any atom is 0.274 e. The molecule has 15 heteroatoms. The van der Waals surface area contributed by atoms with E-state index in [0.29, 0.717) is 24.5 Å². The van der Waals surface area contributed by atoms with Gasteiger partial charge in [-0.25, -0.2) is 14.6 Å². The highest BCUT2D eigenvalue weighted by atomic mass is 32.1. The van der Waals surface area contributed by atoms with Gasteiger partial charge in [0.05, 0.1) is 27.8 Å². The maximum absolute atomic E-state index is 13.6. The molecule has 0 fully saturated rings. The zero-order chi connectivity index (χ0) is 35.2. The molecule has 2 bridgehead atoms. The van der Waals surface area contributed by atoms with Crippen LogP contribution in [0.15, 0.2) is 65.2 Å². The summed E-state index contributed by atoms with van der Waals surface area (Å²) in [7, 11) is 0. The Bertz CT molecular complexity index is 1950. The summed E-state index contributed by atoms with van der Waals surface area (Å²) in [5.41, 5.74) is 1.63. The fraction of sp³-hybridized carbons (Fsp3) is 0.371. The minimum Gasteiger partial charge on any atom is -0.359 e. The Balaban J connectivity index is 1.26. The number of hydrogen-bond donors (Lipinski definition) is 3. The first kappa shape index (κ1) is 34.4. The molecule has 4 amide bonds. The van der Waals surface area contributed by atoms with Crippen molar-refractivity contribution >= 4 is 45.2 Å². The molecule has 3 N–H and O–H groups in total. The Hall–Kier alpha value is -5.44. The second kappa shape index (κ2) is 15.4. The van der Waals surface area contributed by atoms with Crippen molar-refractivity contribution in [3.05, 3.63) is 82.9 Å². The summed E-state index contributed by atoms with van der Waals surface area (Å²) in [6, 6.07) is 17.1. The summed E-state index contributed by atoms with van der Waals surface area (Å²) in [6.45, 7) is 5.83. The number of aromatic nitrogens is 5. The van der Waals surface area contributed by atoms with E-state index in [0.717, 1.165) is 20.8 Å². The van der Waals surface area contributed by atoms with Crippen LogP contribution in [0.1, 0.15) is 66.7 Å². The van der Waals surface area contributed by atoms with E-state index >= 15 is 0 Å². The van der Waals surface area contributed by atoms with Crippen LogP contribution in [0.4, 0.5) is 0 Å². The first-order valence-electron chi connectivity index (χ1n) is 16.6. The average Bonchev–Trinajstić information content (AvgIpc) is 3.85. The van der Waals surface area contributed by atoms with Crippen molar-refractivity contribution in [3.8, 4) is 11.4 Å². The molecule has 0 saturated heterocycles. The van der Waals surface area contributed by atoms with E-state index in [4.69, 9.17) is 9.51 Å². The van der Waals surface area contributed by atoms with Gasteiger partial charge in [0, 0.05) is 37.6 Å². The highest BCUT2D eigenvalue weighted by Crippen LogP contribution is 2.23. The van der Waals surface area contributed by atoms with Crippen LogP contribution in [0.25, 0.3) is 21.6 Å². The van der Waals surface area contributed by atoms with Gasteiger partial charge in [-0.1, -0.05) is 61.5 Å². The number of rotatable bonds is 6. The number of nitrogens with one attached hydrogen (secondary N) is 3. The maximum atomic E-state index is 13.6. The zero-order valence-electron chi connectivity index (χ0n) is 28.1. The van der Waals surface area contributed by atoms with E-state index < -0.39 is 23.9 Å². The molecule has 1 aliphatic heterocycles. The zero-order valence-corrected chi connectivity index (χ0v) is 28.9. The summed E-state index contributed by atoms with van der Waals surface area (Å²) in [6.07, 6.45) is 0.988. The molecule has 1 aliphatic rings. The lowest BCUT2D eigenvalue weighted by atomic mass is 10.0. The van der Waals surface area contributed by atoms with Crippen molar-refractivity contribution in [2.24, 2.45) is 5.92 Å². The fourth-order valence-corrected chi connectivity index (χ4v) is 6.68. The van der Waals surface area contributed by atoms with Gasteiger partial charge in [-0.15, -0.1) is 11.3 Å². The summed E-state index contributed by atoms with van der Waals surface area (Å²) < 4.78 is 7.99. The van der Waals surface area contributed by atoms with Gasteiger partial charge in [0.2, 0.25) is 17.7 Å². The molecule has 4 heterocycles. The van der Waals surface area contributed by atoms with Crippen LogP contribution >= 0.6 is 11.3 Å². The lowest BCUT2D eigenvalue weighted by Gasteiger charge is -2.23. The second-order valence-electron chi connectivity index (χ2n) is 12.6. The van der Waals surface area contributed by atoms with E-state index in [-0.39, 0.29) is 61.8 Å². The summed E-state index contributed by atoms with van der Waals surface area (Å²) in [4.78, 5) is 64.7. The van der Waals surface area contributed by atoms with Gasteiger partial charge >= 0.3 is 0 Å². The first-order chi connectivity index (χ1) is 24.1. The highest BCUT2D eigenvalue weighted by Gasteiger charge is 2.28. The number of amides is 4. The van der Waals surface area contributed by atoms with Crippen LogP contribution in [0.3, 0.4) is 0 Å². The Morgan fingerprint density at radius 1 is 1.02 bits per heavy atom. The van der Waals surface area contributed by atoms with Crippen molar-refractivity contribution in [1.29, 1.82) is 0 Å². The number of hydrogen-bond acceptors (Lipinski definition) is 10. The number of nitrogens with zero attached hydrogens (tertiary/aromatic N) is 6. The third-order valence-corrected chi connectivity index (χ3v) is 9.28. The molecule has 6 rings (SSSR count). The molecule has 0 radical (unpaired) electrons. The molecule has 3 aromatic heterocycles. The Kier molecular flexibility index (Phi) is 10.6. The number of carbonyl (C=O) groups is 4. The van der Waals surface area contributed by atoms with Crippen molar-refractivity contribution in [2.45, 2.75) is 65.2 Å². The number of para-hydroxylation sites is 1. The summed E-state index contributed by atoms with van der Waals surface area (Å²) >= 11 is 1.55. The lowest BCUT2D eigenvalue weighted by Crippen LogP contribution is -2.48. The Morgan fingerprint density at radius 3 is 2.58 bits per heavy atom. The molecule has 0 spiro atoms. The van der Waals surface area contributed by atoms with E-state index in [1.54, 1.807) is 23.2 Å². The average molecular weight is 698 g/mol. The topological polar surface area (TPSA) is 177 Å².